The number of hydrogen-bond acceptors (Lipinski definition) is 5. The summed E-state index contributed by atoms with van der Waals surface area (Å²) in [5.74, 6) is -3.10. The molecule has 214 valence electrons. The fourth-order valence-corrected chi connectivity index (χ4v) is 6.52. The van der Waals surface area contributed by atoms with Crippen molar-refractivity contribution >= 4 is 33.2 Å². The number of benzene rings is 3. The SMILES string of the molecule is O=C(O)C(=O)N(Cc1cccc(C(F)(F)F)c1)Cc1ccc(S(=O)(=O)NCCc2ccc(-c3ccccc3)cc2)s1. The van der Waals surface area contributed by atoms with Crippen molar-refractivity contribution in [3.63, 3.8) is 0 Å². The Morgan fingerprint density at radius 2 is 1.51 bits per heavy atom. The molecule has 0 aliphatic rings. The molecule has 41 heavy (non-hydrogen) atoms. The predicted octanol–water partition coefficient (Wildman–Crippen LogP) is 5.57. The maximum absolute atomic E-state index is 13.1. The highest BCUT2D eigenvalue weighted by molar-refractivity contribution is 7.91. The summed E-state index contributed by atoms with van der Waals surface area (Å²) in [5.41, 5.74) is 2.21. The van der Waals surface area contributed by atoms with Crippen LogP contribution in [-0.4, -0.2) is 36.8 Å². The van der Waals surface area contributed by atoms with Crippen LogP contribution < -0.4 is 4.72 Å². The van der Waals surface area contributed by atoms with E-state index in [2.05, 4.69) is 4.72 Å². The van der Waals surface area contributed by atoms with Gasteiger partial charge in [0.25, 0.3) is 0 Å². The Bertz CT molecular complexity index is 1620. The Morgan fingerprint density at radius 3 is 2.17 bits per heavy atom. The van der Waals surface area contributed by atoms with E-state index in [-0.39, 0.29) is 22.9 Å². The molecule has 4 rings (SSSR count). The van der Waals surface area contributed by atoms with Crippen molar-refractivity contribution in [2.75, 3.05) is 6.54 Å². The molecule has 0 aliphatic heterocycles. The maximum Gasteiger partial charge on any atom is 0.416 e. The summed E-state index contributed by atoms with van der Waals surface area (Å²) >= 11 is 0.844. The van der Waals surface area contributed by atoms with Gasteiger partial charge in [0, 0.05) is 18.0 Å². The molecule has 1 heterocycles. The molecule has 0 radical (unpaired) electrons. The van der Waals surface area contributed by atoms with Gasteiger partial charge in [-0.15, -0.1) is 11.3 Å². The minimum absolute atomic E-state index is 0.0336. The van der Waals surface area contributed by atoms with Crippen molar-refractivity contribution in [1.29, 1.82) is 0 Å². The van der Waals surface area contributed by atoms with Crippen LogP contribution in [0.1, 0.15) is 21.6 Å². The molecule has 0 bridgehead atoms. The number of rotatable bonds is 10. The summed E-state index contributed by atoms with van der Waals surface area (Å²) < 4.78 is 67.4. The molecular formula is C29H25F3N2O5S2. The normalized spacial score (nSPS) is 11.8. The number of amides is 1. The number of nitrogens with zero attached hydrogens (tertiary/aromatic N) is 1. The van der Waals surface area contributed by atoms with Crippen molar-refractivity contribution in [2.24, 2.45) is 0 Å². The fourth-order valence-electron chi connectivity index (χ4n) is 4.07. The number of carbonyl (C=O) groups excluding carboxylic acids is 1. The number of alkyl halides is 3. The first-order chi connectivity index (χ1) is 19.4. The van der Waals surface area contributed by atoms with Crippen LogP contribution in [0.15, 0.2) is 95.2 Å². The molecule has 2 N–H and O–H groups in total. The molecule has 3 aromatic carbocycles. The second-order valence-electron chi connectivity index (χ2n) is 9.10. The lowest BCUT2D eigenvalue weighted by atomic mass is 10.0. The summed E-state index contributed by atoms with van der Waals surface area (Å²) in [4.78, 5) is 24.9. The van der Waals surface area contributed by atoms with Crippen LogP contribution in [0.4, 0.5) is 13.2 Å². The second-order valence-corrected chi connectivity index (χ2v) is 12.3. The predicted molar refractivity (Wildman–Crippen MR) is 148 cm³/mol. The highest BCUT2D eigenvalue weighted by atomic mass is 32.2. The quantitative estimate of drug-likeness (QED) is 0.231. The van der Waals surface area contributed by atoms with Gasteiger partial charge in [0.2, 0.25) is 10.0 Å². The second kappa shape index (κ2) is 12.7. The van der Waals surface area contributed by atoms with E-state index in [0.29, 0.717) is 11.3 Å². The number of hydrogen-bond donors (Lipinski definition) is 2. The van der Waals surface area contributed by atoms with E-state index < -0.39 is 40.2 Å². The van der Waals surface area contributed by atoms with Crippen molar-refractivity contribution < 1.29 is 36.3 Å². The molecule has 0 atom stereocenters. The van der Waals surface area contributed by atoms with Gasteiger partial charge in [-0.05, 0) is 52.9 Å². The maximum atomic E-state index is 13.1. The van der Waals surface area contributed by atoms with Gasteiger partial charge in [0.15, 0.2) is 0 Å². The summed E-state index contributed by atoms with van der Waals surface area (Å²) in [6, 6.07) is 24.6. The molecule has 0 saturated carbocycles. The molecule has 7 nitrogen and oxygen atoms in total. The van der Waals surface area contributed by atoms with Gasteiger partial charge in [-0.25, -0.2) is 17.9 Å². The Balaban J connectivity index is 1.39. The Morgan fingerprint density at radius 1 is 0.829 bits per heavy atom. The van der Waals surface area contributed by atoms with E-state index in [1.54, 1.807) is 0 Å². The molecule has 0 unspecified atom stereocenters. The minimum atomic E-state index is -4.60. The van der Waals surface area contributed by atoms with Crippen molar-refractivity contribution in [3.8, 4) is 11.1 Å². The van der Waals surface area contributed by atoms with Crippen LogP contribution in [0.5, 0.6) is 0 Å². The van der Waals surface area contributed by atoms with E-state index in [1.165, 1.54) is 24.3 Å². The fraction of sp³-hybridized carbons (Fsp3) is 0.172. The number of carboxylic acid groups (broad SMARTS) is 1. The average Bonchev–Trinajstić information content (AvgIpc) is 3.42. The van der Waals surface area contributed by atoms with Gasteiger partial charge in [-0.3, -0.25) is 4.79 Å². The summed E-state index contributed by atoms with van der Waals surface area (Å²) in [6.45, 7) is -0.564. The largest absolute Gasteiger partial charge is 0.474 e. The van der Waals surface area contributed by atoms with Gasteiger partial charge in [-0.2, -0.15) is 13.2 Å². The van der Waals surface area contributed by atoms with E-state index in [0.717, 1.165) is 45.1 Å². The van der Waals surface area contributed by atoms with E-state index >= 15 is 0 Å². The lowest BCUT2D eigenvalue weighted by molar-refractivity contribution is -0.156. The minimum Gasteiger partial charge on any atom is -0.474 e. The number of halogens is 3. The van der Waals surface area contributed by atoms with Crippen molar-refractivity contribution in [2.45, 2.75) is 29.9 Å². The highest BCUT2D eigenvalue weighted by Gasteiger charge is 2.31. The van der Waals surface area contributed by atoms with Gasteiger partial charge in [0.1, 0.15) is 4.21 Å². The summed E-state index contributed by atoms with van der Waals surface area (Å²) in [7, 11) is -3.89. The Labute approximate surface area is 238 Å². The number of carbonyl (C=O) groups is 2. The molecule has 0 fully saturated rings. The lowest BCUT2D eigenvalue weighted by Crippen LogP contribution is -2.35. The molecule has 1 amide bonds. The van der Waals surface area contributed by atoms with E-state index in [9.17, 15) is 36.3 Å². The summed E-state index contributed by atoms with van der Waals surface area (Å²) in [5, 5.41) is 9.22. The molecule has 4 aromatic rings. The molecular weight excluding hydrogens is 577 g/mol. The number of carboxylic acids is 1. The molecule has 0 aliphatic carbocycles. The first kappa shape index (κ1) is 30.0. The van der Waals surface area contributed by atoms with E-state index in [1.807, 2.05) is 54.6 Å². The topological polar surface area (TPSA) is 104 Å². The van der Waals surface area contributed by atoms with Crippen LogP contribution >= 0.6 is 11.3 Å². The molecule has 1 aromatic heterocycles. The zero-order chi connectivity index (χ0) is 29.6. The van der Waals surface area contributed by atoms with Crippen LogP contribution in [0.2, 0.25) is 0 Å². The van der Waals surface area contributed by atoms with Crippen LogP contribution in [0.3, 0.4) is 0 Å². The van der Waals surface area contributed by atoms with Crippen LogP contribution in [0.25, 0.3) is 11.1 Å². The zero-order valence-corrected chi connectivity index (χ0v) is 23.1. The third kappa shape index (κ3) is 8.03. The lowest BCUT2D eigenvalue weighted by Gasteiger charge is -2.20. The highest BCUT2D eigenvalue weighted by Crippen LogP contribution is 2.30. The smallest absolute Gasteiger partial charge is 0.416 e. The van der Waals surface area contributed by atoms with E-state index in [4.69, 9.17) is 0 Å². The van der Waals surface area contributed by atoms with Gasteiger partial charge in [0.05, 0.1) is 12.1 Å². The average molecular weight is 603 g/mol. The third-order valence-corrected chi connectivity index (χ3v) is 9.14. The van der Waals surface area contributed by atoms with Gasteiger partial charge >= 0.3 is 18.1 Å². The Hall–Kier alpha value is -4.00. The number of sulfonamides is 1. The molecule has 12 heteroatoms. The summed E-state index contributed by atoms with van der Waals surface area (Å²) in [6.07, 6.45) is -4.16. The number of thiophene rings is 1. The van der Waals surface area contributed by atoms with Crippen LogP contribution in [-0.2, 0) is 45.3 Å². The first-order valence-electron chi connectivity index (χ1n) is 12.3. The van der Waals surface area contributed by atoms with Gasteiger partial charge < -0.3 is 10.0 Å². The number of nitrogens with one attached hydrogen (secondary N) is 1. The standard InChI is InChI=1S/C29H25F3N2O5S2/c30-29(31,32)24-8-4-5-21(17-24)18-34(27(35)28(36)37)19-25-13-14-26(40-25)41(38,39)33-16-15-20-9-11-23(12-10-20)22-6-2-1-3-7-22/h1-14,17,33H,15-16,18-19H2,(H,36,37). The number of aliphatic carboxylic acids is 1. The molecule has 0 saturated heterocycles. The van der Waals surface area contributed by atoms with Crippen molar-refractivity contribution in [3.05, 3.63) is 113 Å². The zero-order valence-electron chi connectivity index (χ0n) is 21.5. The monoisotopic (exact) mass is 602 g/mol. The van der Waals surface area contributed by atoms with Crippen LogP contribution in [0, 0.1) is 0 Å². The Kier molecular flexibility index (Phi) is 9.26. The van der Waals surface area contributed by atoms with Crippen molar-refractivity contribution in [1.82, 2.24) is 9.62 Å². The molecule has 0 spiro atoms. The third-order valence-electron chi connectivity index (χ3n) is 6.11. The van der Waals surface area contributed by atoms with Gasteiger partial charge in [-0.1, -0.05) is 66.7 Å². The first-order valence-corrected chi connectivity index (χ1v) is 14.6.